The molecular formula is C13H18N2O4. The number of rotatable bonds is 6. The van der Waals surface area contributed by atoms with Crippen LogP contribution in [0.3, 0.4) is 0 Å². The smallest absolute Gasteiger partial charge is 0.341 e. The molecule has 0 spiro atoms. The van der Waals surface area contributed by atoms with Gasteiger partial charge in [-0.25, -0.2) is 4.79 Å². The largest absolute Gasteiger partial charge is 0.493 e. The van der Waals surface area contributed by atoms with Crippen molar-refractivity contribution in [3.05, 3.63) is 23.8 Å². The van der Waals surface area contributed by atoms with E-state index in [1.165, 1.54) is 11.0 Å². The zero-order chi connectivity index (χ0) is 14.4. The molecule has 0 radical (unpaired) electrons. The maximum absolute atomic E-state index is 11.3. The number of carbonyl (C=O) groups excluding carboxylic acids is 1. The van der Waals surface area contributed by atoms with Gasteiger partial charge >= 0.3 is 5.97 Å². The number of carboxylic acids is 1. The fraction of sp³-hybridized carbons (Fsp3) is 0.385. The molecule has 0 saturated carbocycles. The highest BCUT2D eigenvalue weighted by molar-refractivity contribution is 5.96. The van der Waals surface area contributed by atoms with Gasteiger partial charge in [0.2, 0.25) is 5.91 Å². The second-order valence-electron chi connectivity index (χ2n) is 4.27. The molecule has 0 fully saturated rings. The van der Waals surface area contributed by atoms with Crippen molar-refractivity contribution in [3.8, 4) is 5.75 Å². The molecule has 19 heavy (non-hydrogen) atoms. The monoisotopic (exact) mass is 266 g/mol. The van der Waals surface area contributed by atoms with E-state index in [0.717, 1.165) is 0 Å². The summed E-state index contributed by atoms with van der Waals surface area (Å²) in [6.07, 6.45) is 0.878. The summed E-state index contributed by atoms with van der Waals surface area (Å²) >= 11 is 0. The summed E-state index contributed by atoms with van der Waals surface area (Å²) < 4.78 is 5.38. The van der Waals surface area contributed by atoms with Gasteiger partial charge in [0, 0.05) is 26.2 Å². The lowest BCUT2D eigenvalue weighted by Gasteiger charge is -2.12. The number of carboxylic acid groups (broad SMARTS) is 1. The molecule has 1 aromatic rings. The third-order valence-electron chi connectivity index (χ3n) is 2.56. The van der Waals surface area contributed by atoms with E-state index in [1.54, 1.807) is 26.2 Å². The van der Waals surface area contributed by atoms with Crippen molar-refractivity contribution in [2.24, 2.45) is 0 Å². The molecule has 6 heteroatoms. The SMILES string of the molecule is CN(C)C(=O)CCCOc1cccc(N)c1C(=O)O. The van der Waals surface area contributed by atoms with E-state index in [1.807, 2.05) is 0 Å². The molecule has 0 unspecified atom stereocenters. The number of anilines is 1. The first-order valence-corrected chi connectivity index (χ1v) is 5.88. The summed E-state index contributed by atoms with van der Waals surface area (Å²) in [7, 11) is 3.37. The molecule has 6 nitrogen and oxygen atoms in total. The minimum Gasteiger partial charge on any atom is -0.493 e. The molecular weight excluding hydrogens is 248 g/mol. The molecule has 0 aromatic heterocycles. The van der Waals surface area contributed by atoms with Gasteiger partial charge in [-0.15, -0.1) is 0 Å². The number of carbonyl (C=O) groups is 2. The fourth-order valence-electron chi connectivity index (χ4n) is 1.53. The van der Waals surface area contributed by atoms with Crippen LogP contribution in [0.1, 0.15) is 23.2 Å². The van der Waals surface area contributed by atoms with Crippen molar-refractivity contribution in [2.75, 3.05) is 26.4 Å². The Hall–Kier alpha value is -2.24. The first kappa shape index (κ1) is 14.8. The minimum absolute atomic E-state index is 0.00892. The number of nitrogens with zero attached hydrogens (tertiary/aromatic N) is 1. The summed E-state index contributed by atoms with van der Waals surface area (Å²) in [4.78, 5) is 23.9. The van der Waals surface area contributed by atoms with Crippen LogP contribution in [-0.4, -0.2) is 42.6 Å². The molecule has 0 saturated heterocycles. The van der Waals surface area contributed by atoms with Crippen LogP contribution in [0, 0.1) is 0 Å². The number of amides is 1. The number of benzene rings is 1. The summed E-state index contributed by atoms with van der Waals surface area (Å²) in [6.45, 7) is 0.267. The minimum atomic E-state index is -1.13. The Kier molecular flexibility index (Phi) is 5.17. The molecule has 0 aliphatic carbocycles. The van der Waals surface area contributed by atoms with Crippen molar-refractivity contribution >= 4 is 17.6 Å². The van der Waals surface area contributed by atoms with Crippen LogP contribution in [-0.2, 0) is 4.79 Å². The second-order valence-corrected chi connectivity index (χ2v) is 4.27. The number of hydrogen-bond donors (Lipinski definition) is 2. The molecule has 0 aliphatic rings. The Morgan fingerprint density at radius 2 is 2.05 bits per heavy atom. The number of nitrogens with two attached hydrogens (primary N) is 1. The molecule has 104 valence electrons. The maximum Gasteiger partial charge on any atom is 0.341 e. The highest BCUT2D eigenvalue weighted by atomic mass is 16.5. The van der Waals surface area contributed by atoms with Gasteiger partial charge in [-0.1, -0.05) is 6.07 Å². The summed E-state index contributed by atoms with van der Waals surface area (Å²) in [5, 5.41) is 9.04. The lowest BCUT2D eigenvalue weighted by molar-refractivity contribution is -0.128. The Morgan fingerprint density at radius 3 is 2.63 bits per heavy atom. The van der Waals surface area contributed by atoms with Crippen LogP contribution in [0.25, 0.3) is 0 Å². The Bertz CT molecular complexity index is 472. The van der Waals surface area contributed by atoms with Crippen molar-refractivity contribution < 1.29 is 19.4 Å². The van der Waals surface area contributed by atoms with E-state index in [0.29, 0.717) is 12.8 Å². The molecule has 1 amide bonds. The number of nitrogen functional groups attached to an aromatic ring is 1. The van der Waals surface area contributed by atoms with Gasteiger partial charge < -0.3 is 20.5 Å². The molecule has 0 aliphatic heterocycles. The van der Waals surface area contributed by atoms with Gasteiger partial charge in [-0.3, -0.25) is 4.79 Å². The third-order valence-corrected chi connectivity index (χ3v) is 2.56. The third kappa shape index (κ3) is 4.17. The van der Waals surface area contributed by atoms with Crippen molar-refractivity contribution in [2.45, 2.75) is 12.8 Å². The van der Waals surface area contributed by atoms with Crippen LogP contribution >= 0.6 is 0 Å². The lowest BCUT2D eigenvalue weighted by Crippen LogP contribution is -2.21. The van der Waals surface area contributed by atoms with E-state index in [4.69, 9.17) is 15.6 Å². The average molecular weight is 266 g/mol. The average Bonchev–Trinajstić information content (AvgIpc) is 2.33. The predicted molar refractivity (Wildman–Crippen MR) is 71.2 cm³/mol. The number of hydrogen-bond acceptors (Lipinski definition) is 4. The normalized spacial score (nSPS) is 10.0. The van der Waals surface area contributed by atoms with E-state index in [2.05, 4.69) is 0 Å². The van der Waals surface area contributed by atoms with Gasteiger partial charge in [-0.2, -0.15) is 0 Å². The van der Waals surface area contributed by atoms with Crippen LogP contribution in [0.5, 0.6) is 5.75 Å². The zero-order valence-corrected chi connectivity index (χ0v) is 11.0. The maximum atomic E-state index is 11.3. The van der Waals surface area contributed by atoms with Crippen LogP contribution in [0.2, 0.25) is 0 Å². The highest BCUT2D eigenvalue weighted by Gasteiger charge is 2.14. The van der Waals surface area contributed by atoms with Crippen molar-refractivity contribution in [1.82, 2.24) is 4.90 Å². The van der Waals surface area contributed by atoms with Gasteiger partial charge in [0.25, 0.3) is 0 Å². The quantitative estimate of drug-likeness (QED) is 0.596. The topological polar surface area (TPSA) is 92.9 Å². The van der Waals surface area contributed by atoms with Gasteiger partial charge in [0.05, 0.1) is 6.61 Å². The molecule has 0 bridgehead atoms. The summed E-state index contributed by atoms with van der Waals surface area (Å²) in [5.41, 5.74) is 5.71. The Morgan fingerprint density at radius 1 is 1.37 bits per heavy atom. The molecule has 0 atom stereocenters. The summed E-state index contributed by atoms with van der Waals surface area (Å²) in [5.74, 6) is -0.892. The van der Waals surface area contributed by atoms with E-state index < -0.39 is 5.97 Å². The van der Waals surface area contributed by atoms with Gasteiger partial charge in [0.1, 0.15) is 11.3 Å². The van der Waals surface area contributed by atoms with Crippen LogP contribution in [0.4, 0.5) is 5.69 Å². The van der Waals surface area contributed by atoms with E-state index in [-0.39, 0.29) is 29.5 Å². The number of aromatic carboxylic acids is 1. The van der Waals surface area contributed by atoms with Crippen LogP contribution in [0.15, 0.2) is 18.2 Å². The molecule has 0 heterocycles. The zero-order valence-electron chi connectivity index (χ0n) is 11.0. The summed E-state index contributed by atoms with van der Waals surface area (Å²) in [6, 6.07) is 4.68. The van der Waals surface area contributed by atoms with Crippen molar-refractivity contribution in [3.63, 3.8) is 0 Å². The first-order chi connectivity index (χ1) is 8.93. The van der Waals surface area contributed by atoms with E-state index in [9.17, 15) is 9.59 Å². The van der Waals surface area contributed by atoms with Crippen molar-refractivity contribution in [1.29, 1.82) is 0 Å². The number of ether oxygens (including phenoxy) is 1. The van der Waals surface area contributed by atoms with E-state index >= 15 is 0 Å². The predicted octanol–water partition coefficient (Wildman–Crippen LogP) is 1.21. The first-order valence-electron chi connectivity index (χ1n) is 5.88. The standard InChI is InChI=1S/C13H18N2O4/c1-15(2)11(16)7-4-8-19-10-6-3-5-9(14)12(10)13(17)18/h3,5-6H,4,7-8,14H2,1-2H3,(H,17,18). The molecule has 1 rings (SSSR count). The second kappa shape index (κ2) is 6.63. The highest BCUT2D eigenvalue weighted by Crippen LogP contribution is 2.24. The van der Waals surface area contributed by atoms with Gasteiger partial charge in [0.15, 0.2) is 0 Å². The van der Waals surface area contributed by atoms with Gasteiger partial charge in [-0.05, 0) is 18.6 Å². The Balaban J connectivity index is 2.57. The molecule has 1 aromatic carbocycles. The van der Waals surface area contributed by atoms with Crippen LogP contribution < -0.4 is 10.5 Å². The Labute approximate surface area is 111 Å². The lowest BCUT2D eigenvalue weighted by atomic mass is 10.1. The fourth-order valence-corrected chi connectivity index (χ4v) is 1.53. The molecule has 3 N–H and O–H groups in total.